The number of hydrogen-bond acceptors (Lipinski definition) is 4. The molecular formula is C16H22N2O3. The molecule has 5 heteroatoms. The van der Waals surface area contributed by atoms with Gasteiger partial charge in [0.05, 0.1) is 25.4 Å². The van der Waals surface area contributed by atoms with Crippen LogP contribution in [0, 0.1) is 0 Å². The van der Waals surface area contributed by atoms with E-state index in [9.17, 15) is 4.79 Å². The van der Waals surface area contributed by atoms with E-state index in [1.54, 1.807) is 0 Å². The fourth-order valence-electron chi connectivity index (χ4n) is 2.91. The van der Waals surface area contributed by atoms with Gasteiger partial charge in [0.25, 0.3) is 5.91 Å². The lowest BCUT2D eigenvalue weighted by molar-refractivity contribution is -0.158. The van der Waals surface area contributed by atoms with Gasteiger partial charge in [-0.2, -0.15) is 0 Å². The Kier molecular flexibility index (Phi) is 4.53. The molecule has 0 aromatic heterocycles. The Morgan fingerprint density at radius 3 is 2.81 bits per heavy atom. The molecule has 3 rings (SSSR count). The Hall–Kier alpha value is -1.43. The SMILES string of the molecule is C[C@@H]1CN(C(=O)[C@H]2CNCCO2)[C@H](c2ccccc2)CO1. The molecule has 2 heterocycles. The number of ether oxygens (including phenoxy) is 2. The predicted molar refractivity (Wildman–Crippen MR) is 78.9 cm³/mol. The maximum absolute atomic E-state index is 12.8. The van der Waals surface area contributed by atoms with Gasteiger partial charge in [-0.05, 0) is 12.5 Å². The minimum Gasteiger partial charge on any atom is -0.374 e. The zero-order valence-corrected chi connectivity index (χ0v) is 12.3. The molecule has 0 aliphatic carbocycles. The molecule has 2 fully saturated rings. The van der Waals surface area contributed by atoms with Crippen LogP contribution in [0.1, 0.15) is 18.5 Å². The summed E-state index contributed by atoms with van der Waals surface area (Å²) in [5.74, 6) is 0.0613. The Labute approximate surface area is 125 Å². The molecule has 21 heavy (non-hydrogen) atoms. The number of benzene rings is 1. The molecule has 0 bridgehead atoms. The van der Waals surface area contributed by atoms with Gasteiger partial charge in [-0.25, -0.2) is 0 Å². The van der Waals surface area contributed by atoms with Crippen molar-refractivity contribution in [1.29, 1.82) is 0 Å². The van der Waals surface area contributed by atoms with Crippen LogP contribution in [-0.2, 0) is 14.3 Å². The molecule has 0 unspecified atom stereocenters. The zero-order valence-electron chi connectivity index (χ0n) is 12.3. The van der Waals surface area contributed by atoms with Crippen LogP contribution < -0.4 is 5.32 Å². The van der Waals surface area contributed by atoms with E-state index >= 15 is 0 Å². The Bertz CT molecular complexity index is 474. The fraction of sp³-hybridized carbons (Fsp3) is 0.562. The van der Waals surface area contributed by atoms with Gasteiger partial charge < -0.3 is 19.7 Å². The first-order valence-corrected chi connectivity index (χ1v) is 7.55. The quantitative estimate of drug-likeness (QED) is 0.881. The van der Waals surface area contributed by atoms with Gasteiger partial charge in [0, 0.05) is 19.6 Å². The summed E-state index contributed by atoms with van der Waals surface area (Å²) in [6, 6.07) is 10.0. The number of rotatable bonds is 2. The molecular weight excluding hydrogens is 268 g/mol. The summed E-state index contributed by atoms with van der Waals surface area (Å²) in [6.45, 7) is 5.14. The van der Waals surface area contributed by atoms with E-state index in [2.05, 4.69) is 5.32 Å². The summed E-state index contributed by atoms with van der Waals surface area (Å²) in [7, 11) is 0. The van der Waals surface area contributed by atoms with Gasteiger partial charge >= 0.3 is 0 Å². The average Bonchev–Trinajstić information content (AvgIpc) is 2.56. The zero-order chi connectivity index (χ0) is 14.7. The Morgan fingerprint density at radius 1 is 1.29 bits per heavy atom. The first kappa shape index (κ1) is 14.5. The number of carbonyl (C=O) groups is 1. The van der Waals surface area contributed by atoms with Gasteiger partial charge in [-0.3, -0.25) is 4.79 Å². The lowest BCUT2D eigenvalue weighted by Gasteiger charge is -2.41. The number of carbonyl (C=O) groups excluding carboxylic acids is 1. The molecule has 1 N–H and O–H groups in total. The van der Waals surface area contributed by atoms with E-state index in [-0.39, 0.29) is 24.2 Å². The van der Waals surface area contributed by atoms with E-state index in [0.29, 0.717) is 26.3 Å². The molecule has 1 amide bonds. The molecule has 0 spiro atoms. The van der Waals surface area contributed by atoms with Gasteiger partial charge in [-0.1, -0.05) is 30.3 Å². The molecule has 1 aromatic rings. The lowest BCUT2D eigenvalue weighted by atomic mass is 10.0. The van der Waals surface area contributed by atoms with Gasteiger partial charge in [0.15, 0.2) is 0 Å². The molecule has 2 aliphatic heterocycles. The first-order valence-electron chi connectivity index (χ1n) is 7.55. The average molecular weight is 290 g/mol. The fourth-order valence-corrected chi connectivity index (χ4v) is 2.91. The van der Waals surface area contributed by atoms with Crippen LogP contribution in [0.25, 0.3) is 0 Å². The van der Waals surface area contributed by atoms with Crippen molar-refractivity contribution in [2.24, 2.45) is 0 Å². The largest absolute Gasteiger partial charge is 0.374 e. The minimum atomic E-state index is -0.379. The topological polar surface area (TPSA) is 50.8 Å². The minimum absolute atomic E-state index is 0.0274. The normalized spacial score (nSPS) is 30.1. The number of nitrogens with zero attached hydrogens (tertiary/aromatic N) is 1. The maximum atomic E-state index is 12.8. The molecule has 5 nitrogen and oxygen atoms in total. The maximum Gasteiger partial charge on any atom is 0.253 e. The van der Waals surface area contributed by atoms with Crippen LogP contribution in [-0.4, -0.2) is 55.9 Å². The molecule has 2 saturated heterocycles. The van der Waals surface area contributed by atoms with Crippen molar-refractivity contribution in [3.63, 3.8) is 0 Å². The standard InChI is InChI=1S/C16H22N2O3/c1-12-10-18(16(19)15-9-17-7-8-20-15)14(11-21-12)13-5-3-2-4-6-13/h2-6,12,14-15,17H,7-11H2,1H3/t12-,14+,15-/m1/s1. The van der Waals surface area contributed by atoms with Gasteiger partial charge in [0.1, 0.15) is 6.10 Å². The summed E-state index contributed by atoms with van der Waals surface area (Å²) >= 11 is 0. The third-order valence-corrected chi connectivity index (χ3v) is 4.04. The molecule has 0 radical (unpaired) electrons. The van der Waals surface area contributed by atoms with Crippen molar-refractivity contribution in [1.82, 2.24) is 10.2 Å². The summed E-state index contributed by atoms with van der Waals surface area (Å²) in [5, 5.41) is 3.22. The monoisotopic (exact) mass is 290 g/mol. The highest BCUT2D eigenvalue weighted by Crippen LogP contribution is 2.27. The molecule has 114 valence electrons. The van der Waals surface area contributed by atoms with E-state index < -0.39 is 0 Å². The van der Waals surface area contributed by atoms with Crippen molar-refractivity contribution < 1.29 is 14.3 Å². The lowest BCUT2D eigenvalue weighted by Crippen LogP contribution is -2.54. The second-order valence-corrected chi connectivity index (χ2v) is 5.62. The molecule has 3 atom stereocenters. The van der Waals surface area contributed by atoms with Crippen LogP contribution in [0.4, 0.5) is 0 Å². The highest BCUT2D eigenvalue weighted by atomic mass is 16.5. The number of hydrogen-bond donors (Lipinski definition) is 1. The van der Waals surface area contributed by atoms with Crippen molar-refractivity contribution in [3.8, 4) is 0 Å². The van der Waals surface area contributed by atoms with Gasteiger partial charge in [0.2, 0.25) is 0 Å². The van der Waals surface area contributed by atoms with Crippen LogP contribution in [0.5, 0.6) is 0 Å². The van der Waals surface area contributed by atoms with E-state index in [1.165, 1.54) is 0 Å². The third kappa shape index (κ3) is 3.26. The van der Waals surface area contributed by atoms with Gasteiger partial charge in [-0.15, -0.1) is 0 Å². The number of morpholine rings is 2. The van der Waals surface area contributed by atoms with Crippen LogP contribution in [0.2, 0.25) is 0 Å². The second kappa shape index (κ2) is 6.56. The first-order chi connectivity index (χ1) is 10.3. The van der Waals surface area contributed by atoms with Crippen LogP contribution >= 0.6 is 0 Å². The predicted octanol–water partition coefficient (Wildman–Crippen LogP) is 0.963. The molecule has 1 aromatic carbocycles. The van der Waals surface area contributed by atoms with Crippen molar-refractivity contribution in [2.45, 2.75) is 25.2 Å². The van der Waals surface area contributed by atoms with Crippen molar-refractivity contribution in [3.05, 3.63) is 35.9 Å². The summed E-state index contributed by atoms with van der Waals surface area (Å²) < 4.78 is 11.4. The van der Waals surface area contributed by atoms with E-state index in [0.717, 1.165) is 12.1 Å². The number of nitrogens with one attached hydrogen (secondary N) is 1. The Morgan fingerprint density at radius 2 is 2.10 bits per heavy atom. The third-order valence-electron chi connectivity index (χ3n) is 4.04. The molecule has 2 aliphatic rings. The number of amides is 1. The van der Waals surface area contributed by atoms with Crippen molar-refractivity contribution >= 4 is 5.91 Å². The highest BCUT2D eigenvalue weighted by molar-refractivity contribution is 5.82. The smallest absolute Gasteiger partial charge is 0.253 e. The van der Waals surface area contributed by atoms with Crippen LogP contribution in [0.3, 0.4) is 0 Å². The highest BCUT2D eigenvalue weighted by Gasteiger charge is 2.36. The summed E-state index contributed by atoms with van der Waals surface area (Å²) in [5.41, 5.74) is 1.11. The second-order valence-electron chi connectivity index (χ2n) is 5.62. The Balaban J connectivity index is 1.79. The molecule has 0 saturated carbocycles. The van der Waals surface area contributed by atoms with Crippen molar-refractivity contribution in [2.75, 3.05) is 32.8 Å². The summed E-state index contributed by atoms with van der Waals surface area (Å²) in [6.07, 6.45) is -0.319. The van der Waals surface area contributed by atoms with E-state index in [4.69, 9.17) is 9.47 Å². The summed E-state index contributed by atoms with van der Waals surface area (Å²) in [4.78, 5) is 14.7. The van der Waals surface area contributed by atoms with Crippen LogP contribution in [0.15, 0.2) is 30.3 Å². The van der Waals surface area contributed by atoms with E-state index in [1.807, 2.05) is 42.2 Å².